The molecule has 27 heavy (non-hydrogen) atoms. The van der Waals surface area contributed by atoms with Crippen LogP contribution in [0.15, 0.2) is 24.3 Å². The largest absolute Gasteiger partial charge is 0.458 e. The highest BCUT2D eigenvalue weighted by Crippen LogP contribution is 2.28. The smallest absolute Gasteiger partial charge is 0.205 e. The summed E-state index contributed by atoms with van der Waals surface area (Å²) in [5.74, 6) is 7.55. The molecule has 0 aromatic heterocycles. The molecular weight excluding hydrogens is 359 g/mol. The van der Waals surface area contributed by atoms with E-state index in [2.05, 4.69) is 18.8 Å². The van der Waals surface area contributed by atoms with Crippen molar-refractivity contribution >= 4 is 10.8 Å². The molecule has 0 bridgehead atoms. The number of alkyl halides is 3. The molecular formula is C22H17F5. The summed E-state index contributed by atoms with van der Waals surface area (Å²) in [5.41, 5.74) is -0.260. The molecule has 1 fully saturated rings. The normalized spacial score (nSPS) is 19.8. The zero-order valence-corrected chi connectivity index (χ0v) is 14.7. The Morgan fingerprint density at radius 3 is 2.33 bits per heavy atom. The standard InChI is InChI=1S/C22H17F5/c1-14-2-4-15(5-3-14)6-7-16-8-9-18-17(12-16)13-20(23)19(21(18)24)10-11-22(25,26)27/h8-9,12-15H,2-5H2,1H3. The lowest BCUT2D eigenvalue weighted by atomic mass is 9.83. The minimum Gasteiger partial charge on any atom is -0.205 e. The summed E-state index contributed by atoms with van der Waals surface area (Å²) in [7, 11) is 0. The van der Waals surface area contributed by atoms with Gasteiger partial charge in [-0.25, -0.2) is 8.78 Å². The van der Waals surface area contributed by atoms with Crippen LogP contribution in [0.2, 0.25) is 0 Å². The Morgan fingerprint density at radius 1 is 0.963 bits per heavy atom. The number of fused-ring (bicyclic) bond motifs is 1. The number of benzene rings is 2. The maximum absolute atomic E-state index is 14.4. The van der Waals surface area contributed by atoms with Gasteiger partial charge in [-0.15, -0.1) is 0 Å². The highest BCUT2D eigenvalue weighted by molar-refractivity contribution is 5.86. The molecule has 2 aromatic rings. The Hall–Kier alpha value is -2.53. The molecule has 0 aliphatic heterocycles. The van der Waals surface area contributed by atoms with Crippen molar-refractivity contribution in [2.24, 2.45) is 11.8 Å². The van der Waals surface area contributed by atoms with Crippen molar-refractivity contribution in [2.45, 2.75) is 38.8 Å². The molecule has 3 rings (SSSR count). The molecule has 0 atom stereocenters. The van der Waals surface area contributed by atoms with Gasteiger partial charge in [-0.3, -0.25) is 0 Å². The van der Waals surface area contributed by atoms with Gasteiger partial charge in [0.15, 0.2) is 0 Å². The van der Waals surface area contributed by atoms with Crippen LogP contribution in [0.3, 0.4) is 0 Å². The maximum Gasteiger partial charge on any atom is 0.458 e. The molecule has 0 radical (unpaired) electrons. The summed E-state index contributed by atoms with van der Waals surface area (Å²) in [4.78, 5) is 0. The molecule has 1 aliphatic carbocycles. The Balaban J connectivity index is 1.92. The molecule has 0 amide bonds. The van der Waals surface area contributed by atoms with E-state index in [-0.39, 0.29) is 10.8 Å². The molecule has 1 aliphatic rings. The van der Waals surface area contributed by atoms with E-state index >= 15 is 0 Å². The second-order valence-electron chi connectivity index (χ2n) is 6.96. The number of halogens is 5. The topological polar surface area (TPSA) is 0 Å². The van der Waals surface area contributed by atoms with E-state index < -0.39 is 23.4 Å². The van der Waals surface area contributed by atoms with Crippen LogP contribution in [0.5, 0.6) is 0 Å². The van der Waals surface area contributed by atoms with Gasteiger partial charge in [0.05, 0.1) is 5.56 Å². The van der Waals surface area contributed by atoms with Gasteiger partial charge >= 0.3 is 6.18 Å². The third-order valence-electron chi connectivity index (χ3n) is 4.79. The third-order valence-corrected chi connectivity index (χ3v) is 4.79. The van der Waals surface area contributed by atoms with Gasteiger partial charge < -0.3 is 0 Å². The fourth-order valence-corrected chi connectivity index (χ4v) is 3.25. The fraction of sp³-hybridized carbons (Fsp3) is 0.364. The average Bonchev–Trinajstić information content (AvgIpc) is 2.60. The predicted octanol–water partition coefficient (Wildman–Crippen LogP) is 6.21. The molecule has 0 spiro atoms. The van der Waals surface area contributed by atoms with Gasteiger partial charge in [0, 0.05) is 22.8 Å². The lowest BCUT2D eigenvalue weighted by Gasteiger charge is -2.21. The quantitative estimate of drug-likeness (QED) is 0.379. The van der Waals surface area contributed by atoms with E-state index in [1.165, 1.54) is 6.07 Å². The summed E-state index contributed by atoms with van der Waals surface area (Å²) in [6.45, 7) is 2.23. The fourth-order valence-electron chi connectivity index (χ4n) is 3.25. The van der Waals surface area contributed by atoms with E-state index in [0.717, 1.165) is 43.6 Å². The highest BCUT2D eigenvalue weighted by atomic mass is 19.4. The summed E-state index contributed by atoms with van der Waals surface area (Å²) < 4.78 is 65.1. The minimum atomic E-state index is -4.82. The SMILES string of the molecule is CC1CCC(C#Cc2ccc3c(F)c(C#CC(F)(F)F)c(F)cc3c2)CC1. The Bertz CT molecular complexity index is 971. The molecule has 0 nitrogen and oxygen atoms in total. The van der Waals surface area contributed by atoms with Crippen molar-refractivity contribution in [3.8, 4) is 23.7 Å². The molecule has 1 saturated carbocycles. The first-order chi connectivity index (χ1) is 12.7. The van der Waals surface area contributed by atoms with Gasteiger partial charge in [-0.05, 0) is 55.2 Å². The second-order valence-corrected chi connectivity index (χ2v) is 6.96. The van der Waals surface area contributed by atoms with Gasteiger partial charge in [-0.2, -0.15) is 13.2 Å². The minimum absolute atomic E-state index is 0.0138. The van der Waals surface area contributed by atoms with E-state index in [4.69, 9.17) is 0 Å². The lowest BCUT2D eigenvalue weighted by molar-refractivity contribution is -0.0696. The van der Waals surface area contributed by atoms with Crippen molar-refractivity contribution in [3.05, 3.63) is 47.0 Å². The lowest BCUT2D eigenvalue weighted by Crippen LogP contribution is -2.10. The van der Waals surface area contributed by atoms with Crippen LogP contribution in [0.4, 0.5) is 22.0 Å². The molecule has 5 heteroatoms. The molecule has 0 unspecified atom stereocenters. The first-order valence-electron chi connectivity index (χ1n) is 8.76. The van der Waals surface area contributed by atoms with E-state index in [9.17, 15) is 22.0 Å². The van der Waals surface area contributed by atoms with E-state index in [1.54, 1.807) is 18.1 Å². The zero-order chi connectivity index (χ0) is 19.6. The Kier molecular flexibility index (Phi) is 5.42. The number of hydrogen-bond acceptors (Lipinski definition) is 0. The first-order valence-corrected chi connectivity index (χ1v) is 8.76. The number of hydrogen-bond donors (Lipinski definition) is 0. The highest BCUT2D eigenvalue weighted by Gasteiger charge is 2.24. The second kappa shape index (κ2) is 7.61. The van der Waals surface area contributed by atoms with Gasteiger partial charge in [0.25, 0.3) is 0 Å². The summed E-state index contributed by atoms with van der Waals surface area (Å²) in [5, 5.41) is 0.256. The number of rotatable bonds is 0. The van der Waals surface area contributed by atoms with Crippen LogP contribution >= 0.6 is 0 Å². The van der Waals surface area contributed by atoms with Crippen molar-refractivity contribution in [1.82, 2.24) is 0 Å². The molecule has 0 N–H and O–H groups in total. The van der Waals surface area contributed by atoms with Gasteiger partial charge in [-0.1, -0.05) is 30.8 Å². The van der Waals surface area contributed by atoms with E-state index in [1.807, 2.05) is 0 Å². The molecule has 2 aromatic carbocycles. The van der Waals surface area contributed by atoms with Crippen LogP contribution in [-0.4, -0.2) is 6.18 Å². The van der Waals surface area contributed by atoms with Crippen molar-refractivity contribution in [2.75, 3.05) is 0 Å². The van der Waals surface area contributed by atoms with E-state index in [0.29, 0.717) is 11.5 Å². The van der Waals surface area contributed by atoms with Crippen molar-refractivity contribution in [1.29, 1.82) is 0 Å². The molecule has 0 saturated heterocycles. The predicted molar refractivity (Wildman–Crippen MR) is 94.8 cm³/mol. The average molecular weight is 376 g/mol. The summed E-state index contributed by atoms with van der Waals surface area (Å²) >= 11 is 0. The zero-order valence-electron chi connectivity index (χ0n) is 14.7. The Morgan fingerprint density at radius 2 is 1.67 bits per heavy atom. The molecule has 140 valence electrons. The van der Waals surface area contributed by atoms with Gasteiger partial charge in [0.2, 0.25) is 0 Å². The van der Waals surface area contributed by atoms with Crippen molar-refractivity contribution in [3.63, 3.8) is 0 Å². The third kappa shape index (κ3) is 4.80. The van der Waals surface area contributed by atoms with Crippen LogP contribution in [0.1, 0.15) is 43.7 Å². The van der Waals surface area contributed by atoms with Crippen LogP contribution in [0, 0.1) is 47.2 Å². The maximum atomic E-state index is 14.4. The first kappa shape index (κ1) is 19.2. The molecule has 0 heterocycles. The van der Waals surface area contributed by atoms with Crippen LogP contribution in [-0.2, 0) is 0 Å². The van der Waals surface area contributed by atoms with Crippen LogP contribution < -0.4 is 0 Å². The van der Waals surface area contributed by atoms with Gasteiger partial charge in [0.1, 0.15) is 11.6 Å². The monoisotopic (exact) mass is 376 g/mol. The van der Waals surface area contributed by atoms with Crippen molar-refractivity contribution < 1.29 is 22.0 Å². The summed E-state index contributed by atoms with van der Waals surface area (Å²) in [6.07, 6.45) is -0.423. The van der Waals surface area contributed by atoms with Crippen LogP contribution in [0.25, 0.3) is 10.8 Å². The summed E-state index contributed by atoms with van der Waals surface area (Å²) in [6, 6.07) is 5.52. The Labute approximate surface area is 154 Å².